The molecule has 23 heavy (non-hydrogen) atoms. The first-order valence-electron chi connectivity index (χ1n) is 6.93. The topological polar surface area (TPSA) is 111 Å². The van der Waals surface area contributed by atoms with Crippen LogP contribution in [0.5, 0.6) is 5.75 Å². The van der Waals surface area contributed by atoms with Crippen LogP contribution in [0.1, 0.15) is 13.8 Å². The lowest BCUT2D eigenvalue weighted by Crippen LogP contribution is -2.44. The molecule has 122 valence electrons. The van der Waals surface area contributed by atoms with Crippen molar-refractivity contribution in [2.45, 2.75) is 19.9 Å². The van der Waals surface area contributed by atoms with Crippen molar-refractivity contribution in [2.75, 3.05) is 12.4 Å². The van der Waals surface area contributed by atoms with Gasteiger partial charge in [-0.05, 0) is 30.2 Å². The second-order valence-corrected chi connectivity index (χ2v) is 5.08. The number of carboxylic acid groups (broad SMARTS) is 1. The van der Waals surface area contributed by atoms with E-state index in [0.29, 0.717) is 11.4 Å². The van der Waals surface area contributed by atoms with Gasteiger partial charge in [0.05, 0.1) is 7.11 Å². The predicted molar refractivity (Wildman–Crippen MR) is 84.7 cm³/mol. The summed E-state index contributed by atoms with van der Waals surface area (Å²) in [6, 6.07) is 7.58. The number of aliphatic carboxylic acids is 1. The second-order valence-electron chi connectivity index (χ2n) is 5.08. The summed E-state index contributed by atoms with van der Waals surface area (Å²) in [6.07, 6.45) is 1.23. The molecule has 1 unspecified atom stereocenters. The van der Waals surface area contributed by atoms with Gasteiger partial charge in [-0.3, -0.25) is 4.79 Å². The number of carbonyl (C=O) groups is 2. The molecule has 0 aliphatic rings. The summed E-state index contributed by atoms with van der Waals surface area (Å²) in [5.74, 6) is -1.51. The van der Waals surface area contributed by atoms with E-state index in [0.717, 1.165) is 0 Å². The fraction of sp³-hybridized carbons (Fsp3) is 0.312. The molecule has 1 amide bonds. The van der Waals surface area contributed by atoms with Crippen LogP contribution in [0.4, 0.5) is 5.69 Å². The minimum atomic E-state index is -1.14. The van der Waals surface area contributed by atoms with E-state index in [2.05, 4.69) is 10.6 Å². The lowest BCUT2D eigenvalue weighted by molar-refractivity contribution is -0.142. The van der Waals surface area contributed by atoms with E-state index in [4.69, 9.17) is 15.1 Å². The quantitative estimate of drug-likeness (QED) is 0.522. The Balaban J connectivity index is 2.79. The van der Waals surface area contributed by atoms with Gasteiger partial charge in [-0.25, -0.2) is 4.79 Å². The third-order valence-corrected chi connectivity index (χ3v) is 3.06. The van der Waals surface area contributed by atoms with Crippen molar-refractivity contribution in [2.24, 2.45) is 5.92 Å². The Bertz CT molecular complexity index is 630. The van der Waals surface area contributed by atoms with Crippen LogP contribution in [-0.4, -0.2) is 30.1 Å². The average Bonchev–Trinajstić information content (AvgIpc) is 2.53. The molecule has 0 saturated heterocycles. The molecule has 0 saturated carbocycles. The normalized spacial score (nSPS) is 12.2. The van der Waals surface area contributed by atoms with Crippen LogP contribution in [0.3, 0.4) is 0 Å². The van der Waals surface area contributed by atoms with Crippen molar-refractivity contribution in [3.63, 3.8) is 0 Å². The highest BCUT2D eigenvalue weighted by molar-refractivity contribution is 5.99. The van der Waals surface area contributed by atoms with Gasteiger partial charge in [0, 0.05) is 11.9 Å². The Hall–Kier alpha value is -3.01. The van der Waals surface area contributed by atoms with Crippen LogP contribution in [0.15, 0.2) is 36.0 Å². The summed E-state index contributed by atoms with van der Waals surface area (Å²) >= 11 is 0. The van der Waals surface area contributed by atoms with Crippen molar-refractivity contribution >= 4 is 17.6 Å². The Morgan fingerprint density at radius 2 is 1.91 bits per heavy atom. The molecular formula is C16H19N3O4. The molecule has 7 nitrogen and oxygen atoms in total. The van der Waals surface area contributed by atoms with Crippen LogP contribution in [0, 0.1) is 17.2 Å². The molecular weight excluding hydrogens is 298 g/mol. The largest absolute Gasteiger partial charge is 0.497 e. The number of amides is 1. The lowest BCUT2D eigenvalue weighted by Gasteiger charge is -2.17. The highest BCUT2D eigenvalue weighted by Gasteiger charge is 2.24. The summed E-state index contributed by atoms with van der Waals surface area (Å²) in [4.78, 5) is 23.1. The maximum Gasteiger partial charge on any atom is 0.326 e. The molecule has 0 aliphatic carbocycles. The Kier molecular flexibility index (Phi) is 6.62. The number of hydrogen-bond acceptors (Lipinski definition) is 5. The van der Waals surface area contributed by atoms with E-state index in [1.807, 2.05) is 0 Å². The number of methoxy groups -OCH3 is 1. The first kappa shape index (κ1) is 18.0. The SMILES string of the molecule is COc1ccc(N/C=C(/C#N)C(=O)NC(C(=O)O)C(C)C)cc1. The number of benzene rings is 1. The Morgan fingerprint density at radius 3 is 2.35 bits per heavy atom. The zero-order valence-electron chi connectivity index (χ0n) is 13.2. The van der Waals surface area contributed by atoms with Crippen LogP contribution in [-0.2, 0) is 9.59 Å². The number of nitriles is 1. The fourth-order valence-electron chi connectivity index (χ4n) is 1.72. The summed E-state index contributed by atoms with van der Waals surface area (Å²) in [5.41, 5.74) is 0.442. The monoisotopic (exact) mass is 317 g/mol. The van der Waals surface area contributed by atoms with Gasteiger partial charge in [0.25, 0.3) is 5.91 Å². The van der Waals surface area contributed by atoms with E-state index in [-0.39, 0.29) is 11.5 Å². The third-order valence-electron chi connectivity index (χ3n) is 3.06. The molecule has 0 fully saturated rings. The molecule has 0 bridgehead atoms. The van der Waals surface area contributed by atoms with E-state index in [1.165, 1.54) is 6.20 Å². The zero-order valence-corrected chi connectivity index (χ0v) is 13.2. The molecule has 7 heteroatoms. The summed E-state index contributed by atoms with van der Waals surface area (Å²) < 4.78 is 5.03. The number of carboxylic acids is 1. The standard InChI is InChI=1S/C16H19N3O4/c1-10(2)14(16(21)22)19-15(20)11(8-17)9-18-12-4-6-13(23-3)7-5-12/h4-7,9-10,14,18H,1-3H3,(H,19,20)(H,21,22)/b11-9-. The van der Waals surface area contributed by atoms with Gasteiger partial charge in [-0.2, -0.15) is 5.26 Å². The summed E-state index contributed by atoms with van der Waals surface area (Å²) in [6.45, 7) is 3.34. The van der Waals surface area contributed by atoms with Gasteiger partial charge in [0.15, 0.2) is 0 Å². The fourth-order valence-corrected chi connectivity index (χ4v) is 1.72. The molecule has 3 N–H and O–H groups in total. The number of carbonyl (C=O) groups excluding carboxylic acids is 1. The van der Waals surface area contributed by atoms with Crippen molar-refractivity contribution in [1.82, 2.24) is 5.32 Å². The summed E-state index contributed by atoms with van der Waals surface area (Å²) in [7, 11) is 1.55. The van der Waals surface area contributed by atoms with Crippen molar-refractivity contribution in [3.8, 4) is 11.8 Å². The minimum Gasteiger partial charge on any atom is -0.497 e. The van der Waals surface area contributed by atoms with Gasteiger partial charge >= 0.3 is 5.97 Å². The van der Waals surface area contributed by atoms with Gasteiger partial charge in [0.2, 0.25) is 0 Å². The van der Waals surface area contributed by atoms with E-state index in [1.54, 1.807) is 51.3 Å². The summed E-state index contributed by atoms with van der Waals surface area (Å²) in [5, 5.41) is 23.3. The number of ether oxygens (including phenoxy) is 1. The number of rotatable bonds is 7. The van der Waals surface area contributed by atoms with Gasteiger partial charge < -0.3 is 20.5 Å². The van der Waals surface area contributed by atoms with E-state index in [9.17, 15) is 9.59 Å². The smallest absolute Gasteiger partial charge is 0.326 e. The first-order valence-corrected chi connectivity index (χ1v) is 6.93. The van der Waals surface area contributed by atoms with Gasteiger partial charge in [-0.1, -0.05) is 13.8 Å². The third kappa shape index (κ3) is 5.36. The molecule has 0 heterocycles. The van der Waals surface area contributed by atoms with Crippen LogP contribution in [0.25, 0.3) is 0 Å². The van der Waals surface area contributed by atoms with E-state index < -0.39 is 17.9 Å². The van der Waals surface area contributed by atoms with Crippen molar-refractivity contribution in [3.05, 3.63) is 36.0 Å². The maximum absolute atomic E-state index is 12.0. The van der Waals surface area contributed by atoms with Crippen molar-refractivity contribution < 1.29 is 19.4 Å². The molecule has 0 aromatic heterocycles. The highest BCUT2D eigenvalue weighted by Crippen LogP contribution is 2.15. The van der Waals surface area contributed by atoms with Crippen LogP contribution in [0.2, 0.25) is 0 Å². The van der Waals surface area contributed by atoms with E-state index >= 15 is 0 Å². The molecule has 1 rings (SSSR count). The highest BCUT2D eigenvalue weighted by atomic mass is 16.5. The van der Waals surface area contributed by atoms with Crippen LogP contribution >= 0.6 is 0 Å². The molecule has 0 spiro atoms. The average molecular weight is 317 g/mol. The predicted octanol–water partition coefficient (Wildman–Crippen LogP) is 1.74. The number of nitrogens with zero attached hydrogens (tertiary/aromatic N) is 1. The lowest BCUT2D eigenvalue weighted by atomic mass is 10.0. The molecule has 1 aromatic rings. The van der Waals surface area contributed by atoms with Gasteiger partial charge in [0.1, 0.15) is 23.4 Å². The second kappa shape index (κ2) is 8.44. The number of anilines is 1. The molecule has 1 aromatic carbocycles. The molecule has 1 atom stereocenters. The zero-order chi connectivity index (χ0) is 17.4. The maximum atomic E-state index is 12.0. The minimum absolute atomic E-state index is 0.215. The molecule has 0 radical (unpaired) electrons. The Morgan fingerprint density at radius 1 is 1.30 bits per heavy atom. The molecule has 0 aliphatic heterocycles. The number of nitrogens with one attached hydrogen (secondary N) is 2. The Labute approximate surface area is 134 Å². The van der Waals surface area contributed by atoms with Crippen LogP contribution < -0.4 is 15.4 Å². The van der Waals surface area contributed by atoms with Crippen molar-refractivity contribution in [1.29, 1.82) is 5.26 Å². The number of hydrogen-bond donors (Lipinski definition) is 3. The van der Waals surface area contributed by atoms with Gasteiger partial charge in [-0.15, -0.1) is 0 Å². The first-order chi connectivity index (χ1) is 10.9.